The minimum Gasteiger partial charge on any atom is -0.493 e. The molecule has 1 saturated carbocycles. The molecule has 1 aromatic rings. The van der Waals surface area contributed by atoms with Crippen LogP contribution < -0.4 is 19.9 Å². The van der Waals surface area contributed by atoms with Crippen LogP contribution in [0.1, 0.15) is 18.4 Å². The van der Waals surface area contributed by atoms with Crippen molar-refractivity contribution in [3.05, 3.63) is 17.7 Å². The Morgan fingerprint density at radius 3 is 2.27 bits per heavy atom. The van der Waals surface area contributed by atoms with Crippen molar-refractivity contribution < 1.29 is 14.2 Å². The van der Waals surface area contributed by atoms with Crippen LogP contribution in [0.15, 0.2) is 12.1 Å². The third-order valence-electron chi connectivity index (χ3n) is 5.12. The summed E-state index contributed by atoms with van der Waals surface area (Å²) in [7, 11) is 4.93. The van der Waals surface area contributed by atoms with Crippen LogP contribution in [0.5, 0.6) is 17.2 Å². The molecule has 1 saturated heterocycles. The zero-order valence-corrected chi connectivity index (χ0v) is 13.7. The molecule has 2 N–H and O–H groups in total. The molecular formula is C17H26N2O3. The quantitative estimate of drug-likeness (QED) is 0.900. The highest BCUT2D eigenvalue weighted by atomic mass is 16.5. The molecule has 0 amide bonds. The second-order valence-electron chi connectivity index (χ2n) is 6.39. The molecule has 1 aromatic carbocycles. The van der Waals surface area contributed by atoms with Crippen molar-refractivity contribution in [3.8, 4) is 17.2 Å². The topological polar surface area (TPSA) is 57.0 Å². The van der Waals surface area contributed by atoms with Crippen LogP contribution >= 0.6 is 0 Å². The van der Waals surface area contributed by atoms with Gasteiger partial charge in [0.25, 0.3) is 0 Å². The molecule has 1 heterocycles. The molecule has 3 rings (SSSR count). The number of nitrogens with zero attached hydrogens (tertiary/aromatic N) is 1. The van der Waals surface area contributed by atoms with Gasteiger partial charge in [0.05, 0.1) is 21.3 Å². The first-order valence-corrected chi connectivity index (χ1v) is 7.93. The first kappa shape index (κ1) is 15.4. The van der Waals surface area contributed by atoms with Crippen LogP contribution in [0, 0.1) is 11.8 Å². The number of nitrogens with two attached hydrogens (primary N) is 1. The van der Waals surface area contributed by atoms with Crippen molar-refractivity contribution in [3.63, 3.8) is 0 Å². The fraction of sp³-hybridized carbons (Fsp3) is 0.647. The van der Waals surface area contributed by atoms with Gasteiger partial charge in [-0.25, -0.2) is 0 Å². The second-order valence-corrected chi connectivity index (χ2v) is 6.39. The third kappa shape index (κ3) is 2.75. The molecule has 0 bridgehead atoms. The second kappa shape index (κ2) is 6.34. The Hall–Kier alpha value is -1.46. The first-order chi connectivity index (χ1) is 10.7. The molecule has 2 aliphatic rings. The number of fused-ring (bicyclic) bond motifs is 1. The van der Waals surface area contributed by atoms with E-state index in [1.54, 1.807) is 21.3 Å². The van der Waals surface area contributed by atoms with E-state index in [0.717, 1.165) is 25.6 Å². The number of likely N-dealkylation sites (tertiary alicyclic amines) is 1. The Morgan fingerprint density at radius 1 is 1.05 bits per heavy atom. The Morgan fingerprint density at radius 2 is 1.73 bits per heavy atom. The van der Waals surface area contributed by atoms with Crippen molar-refractivity contribution in [1.82, 2.24) is 4.90 Å². The lowest BCUT2D eigenvalue weighted by molar-refractivity contribution is 0.293. The highest BCUT2D eigenvalue weighted by Gasteiger charge is 2.40. The Balaban J connectivity index is 1.75. The molecule has 0 radical (unpaired) electrons. The van der Waals surface area contributed by atoms with Gasteiger partial charge in [-0.1, -0.05) is 0 Å². The van der Waals surface area contributed by atoms with E-state index in [0.29, 0.717) is 29.2 Å². The minimum atomic E-state index is 0.384. The summed E-state index contributed by atoms with van der Waals surface area (Å²) in [4.78, 5) is 2.50. The molecule has 1 aliphatic heterocycles. The molecule has 3 atom stereocenters. The fourth-order valence-electron chi connectivity index (χ4n) is 4.01. The van der Waals surface area contributed by atoms with Gasteiger partial charge < -0.3 is 19.9 Å². The summed E-state index contributed by atoms with van der Waals surface area (Å²) >= 11 is 0. The first-order valence-electron chi connectivity index (χ1n) is 7.93. The molecule has 5 heteroatoms. The zero-order chi connectivity index (χ0) is 15.7. The summed E-state index contributed by atoms with van der Waals surface area (Å²) in [6.45, 7) is 3.15. The lowest BCUT2D eigenvalue weighted by atomic mass is 9.98. The van der Waals surface area contributed by atoms with Gasteiger partial charge in [0, 0.05) is 25.7 Å². The molecule has 5 nitrogen and oxygen atoms in total. The molecule has 22 heavy (non-hydrogen) atoms. The van der Waals surface area contributed by atoms with Gasteiger partial charge in [0.2, 0.25) is 5.75 Å². The van der Waals surface area contributed by atoms with Crippen LogP contribution in [-0.2, 0) is 6.54 Å². The summed E-state index contributed by atoms with van der Waals surface area (Å²) in [5.41, 5.74) is 7.40. The molecule has 2 fully saturated rings. The van der Waals surface area contributed by atoms with Gasteiger partial charge in [-0.05, 0) is 42.4 Å². The minimum absolute atomic E-state index is 0.384. The maximum Gasteiger partial charge on any atom is 0.203 e. The van der Waals surface area contributed by atoms with Gasteiger partial charge in [0.1, 0.15) is 0 Å². The van der Waals surface area contributed by atoms with Crippen molar-refractivity contribution in [2.45, 2.75) is 25.4 Å². The number of rotatable bonds is 5. The van der Waals surface area contributed by atoms with Gasteiger partial charge in [-0.2, -0.15) is 0 Å². The summed E-state index contributed by atoms with van der Waals surface area (Å²) < 4.78 is 16.2. The van der Waals surface area contributed by atoms with Gasteiger partial charge in [-0.15, -0.1) is 0 Å². The summed E-state index contributed by atoms with van der Waals surface area (Å²) in [6.07, 6.45) is 2.46. The van der Waals surface area contributed by atoms with Crippen LogP contribution in [0.3, 0.4) is 0 Å². The average molecular weight is 306 g/mol. The molecule has 0 spiro atoms. The Kier molecular flexibility index (Phi) is 4.45. The lowest BCUT2D eigenvalue weighted by Gasteiger charge is -2.20. The maximum absolute atomic E-state index is 6.22. The summed E-state index contributed by atoms with van der Waals surface area (Å²) in [6, 6.07) is 4.46. The average Bonchev–Trinajstić information content (AvgIpc) is 3.08. The SMILES string of the molecule is COc1cc(CN2CC3CCC(N)C3C2)cc(OC)c1OC. The Bertz CT molecular complexity index is 510. The van der Waals surface area contributed by atoms with Crippen LogP contribution in [-0.4, -0.2) is 45.4 Å². The Labute approximate surface area is 132 Å². The monoisotopic (exact) mass is 306 g/mol. The molecule has 1 aliphatic carbocycles. The number of benzene rings is 1. The van der Waals surface area contributed by atoms with Gasteiger partial charge in [0.15, 0.2) is 11.5 Å². The highest BCUT2D eigenvalue weighted by molar-refractivity contribution is 5.53. The number of hydrogen-bond acceptors (Lipinski definition) is 5. The number of methoxy groups -OCH3 is 3. The van der Waals surface area contributed by atoms with Crippen molar-refractivity contribution in [1.29, 1.82) is 0 Å². The standard InChI is InChI=1S/C17H26N2O3/c1-20-15-6-11(7-16(21-2)17(15)22-3)8-19-9-12-4-5-14(18)13(12)10-19/h6-7,12-14H,4-5,8-10,18H2,1-3H3. The van der Waals surface area contributed by atoms with Crippen LogP contribution in [0.25, 0.3) is 0 Å². The van der Waals surface area contributed by atoms with Crippen molar-refractivity contribution in [2.24, 2.45) is 17.6 Å². The predicted molar refractivity (Wildman–Crippen MR) is 85.6 cm³/mol. The van der Waals surface area contributed by atoms with E-state index >= 15 is 0 Å². The molecule has 0 aromatic heterocycles. The number of hydrogen-bond donors (Lipinski definition) is 1. The van der Waals surface area contributed by atoms with E-state index in [-0.39, 0.29) is 0 Å². The zero-order valence-electron chi connectivity index (χ0n) is 13.7. The smallest absolute Gasteiger partial charge is 0.203 e. The van der Waals surface area contributed by atoms with Gasteiger partial charge in [-0.3, -0.25) is 4.90 Å². The highest BCUT2D eigenvalue weighted by Crippen LogP contribution is 2.40. The molecule has 3 unspecified atom stereocenters. The van der Waals surface area contributed by atoms with Crippen LogP contribution in [0.2, 0.25) is 0 Å². The van der Waals surface area contributed by atoms with Gasteiger partial charge >= 0.3 is 0 Å². The fourth-order valence-corrected chi connectivity index (χ4v) is 4.01. The number of ether oxygens (including phenoxy) is 3. The van der Waals surface area contributed by atoms with Crippen molar-refractivity contribution in [2.75, 3.05) is 34.4 Å². The van der Waals surface area contributed by atoms with Crippen molar-refractivity contribution >= 4 is 0 Å². The van der Waals surface area contributed by atoms with Crippen LogP contribution in [0.4, 0.5) is 0 Å². The maximum atomic E-state index is 6.22. The van der Waals surface area contributed by atoms with E-state index < -0.39 is 0 Å². The summed E-state index contributed by atoms with van der Waals surface area (Å²) in [5.74, 6) is 3.52. The lowest BCUT2D eigenvalue weighted by Crippen LogP contribution is -2.30. The third-order valence-corrected chi connectivity index (χ3v) is 5.12. The summed E-state index contributed by atoms with van der Waals surface area (Å²) in [5, 5.41) is 0. The van der Waals surface area contributed by atoms with E-state index in [2.05, 4.69) is 4.90 Å². The van der Waals surface area contributed by atoms with E-state index in [1.807, 2.05) is 12.1 Å². The molecule has 122 valence electrons. The largest absolute Gasteiger partial charge is 0.493 e. The molecular weight excluding hydrogens is 280 g/mol. The van der Waals surface area contributed by atoms with E-state index in [4.69, 9.17) is 19.9 Å². The van der Waals surface area contributed by atoms with E-state index in [1.165, 1.54) is 18.4 Å². The van der Waals surface area contributed by atoms with E-state index in [9.17, 15) is 0 Å². The normalized spacial score (nSPS) is 27.7. The predicted octanol–water partition coefficient (Wildman–Crippen LogP) is 1.88.